The van der Waals surface area contributed by atoms with Gasteiger partial charge in [-0.05, 0) is 53.7 Å². The van der Waals surface area contributed by atoms with Crippen LogP contribution in [-0.2, 0) is 4.79 Å². The zero-order valence-electron chi connectivity index (χ0n) is 15.7. The number of thioether (sulfide) groups is 1. The second-order valence-corrected chi connectivity index (χ2v) is 10.2. The third-order valence-electron chi connectivity index (χ3n) is 6.33. The van der Waals surface area contributed by atoms with Gasteiger partial charge in [0, 0.05) is 35.8 Å². The Balaban J connectivity index is 1.43. The lowest BCUT2D eigenvalue weighted by atomic mass is 9.87. The Morgan fingerprint density at radius 2 is 1.74 bits per heavy atom. The van der Waals surface area contributed by atoms with Crippen molar-refractivity contribution in [1.29, 1.82) is 0 Å². The third kappa shape index (κ3) is 3.80. The molecule has 2 aliphatic heterocycles. The molecule has 0 unspecified atom stereocenters. The summed E-state index contributed by atoms with van der Waals surface area (Å²) in [5, 5.41) is 0. The SMILES string of the molecule is O=C(c1ccccc1Br)N1CCC2(CC1)SCCN2C(=O)C1CCCCC1. The van der Waals surface area contributed by atoms with Crippen LogP contribution in [0.4, 0.5) is 0 Å². The molecule has 2 amide bonds. The summed E-state index contributed by atoms with van der Waals surface area (Å²) in [6.07, 6.45) is 7.54. The number of carbonyl (C=O) groups is 2. The minimum absolute atomic E-state index is 0.0841. The summed E-state index contributed by atoms with van der Waals surface area (Å²) in [4.78, 5) is 30.1. The van der Waals surface area contributed by atoms with Crippen molar-refractivity contribution in [3.8, 4) is 0 Å². The van der Waals surface area contributed by atoms with Gasteiger partial charge < -0.3 is 9.80 Å². The van der Waals surface area contributed by atoms with Gasteiger partial charge in [0.15, 0.2) is 0 Å². The molecule has 1 saturated carbocycles. The van der Waals surface area contributed by atoms with Crippen LogP contribution in [0.2, 0.25) is 0 Å². The van der Waals surface area contributed by atoms with Crippen molar-refractivity contribution in [3.63, 3.8) is 0 Å². The van der Waals surface area contributed by atoms with Crippen LogP contribution in [0.25, 0.3) is 0 Å². The van der Waals surface area contributed by atoms with Gasteiger partial charge in [-0.15, -0.1) is 11.8 Å². The molecule has 146 valence electrons. The maximum absolute atomic E-state index is 13.2. The Labute approximate surface area is 174 Å². The normalized spacial score (nSPS) is 23.0. The van der Waals surface area contributed by atoms with Crippen molar-refractivity contribution in [1.82, 2.24) is 9.80 Å². The van der Waals surface area contributed by atoms with Crippen LogP contribution in [0.5, 0.6) is 0 Å². The van der Waals surface area contributed by atoms with Crippen LogP contribution in [0.3, 0.4) is 0 Å². The number of piperidine rings is 1. The van der Waals surface area contributed by atoms with Crippen molar-refractivity contribution < 1.29 is 9.59 Å². The number of nitrogens with zero attached hydrogens (tertiary/aromatic N) is 2. The van der Waals surface area contributed by atoms with Gasteiger partial charge >= 0.3 is 0 Å². The molecule has 0 bridgehead atoms. The molecule has 1 aliphatic carbocycles. The summed E-state index contributed by atoms with van der Waals surface area (Å²) in [5.41, 5.74) is 0.725. The van der Waals surface area contributed by atoms with E-state index in [9.17, 15) is 9.59 Å². The van der Waals surface area contributed by atoms with Crippen molar-refractivity contribution in [2.75, 3.05) is 25.4 Å². The van der Waals surface area contributed by atoms with Gasteiger partial charge in [0.25, 0.3) is 5.91 Å². The summed E-state index contributed by atoms with van der Waals surface area (Å²) in [6, 6.07) is 7.62. The van der Waals surface area contributed by atoms with Crippen LogP contribution in [-0.4, -0.2) is 51.9 Å². The minimum atomic E-state index is -0.0841. The van der Waals surface area contributed by atoms with Gasteiger partial charge in [0.1, 0.15) is 0 Å². The molecule has 2 saturated heterocycles. The largest absolute Gasteiger partial charge is 0.338 e. The molecule has 1 aromatic rings. The van der Waals surface area contributed by atoms with Crippen molar-refractivity contribution in [2.24, 2.45) is 5.92 Å². The molecule has 3 aliphatic rings. The number of carbonyl (C=O) groups excluding carboxylic acids is 2. The Kier molecular flexibility index (Phi) is 5.83. The van der Waals surface area contributed by atoms with E-state index in [1.54, 1.807) is 0 Å². The van der Waals surface area contributed by atoms with E-state index >= 15 is 0 Å². The first-order valence-electron chi connectivity index (χ1n) is 10.1. The quantitative estimate of drug-likeness (QED) is 0.663. The summed E-state index contributed by atoms with van der Waals surface area (Å²) < 4.78 is 0.847. The smallest absolute Gasteiger partial charge is 0.255 e. The Bertz CT molecular complexity index is 712. The van der Waals surface area contributed by atoms with E-state index in [1.807, 2.05) is 40.9 Å². The van der Waals surface area contributed by atoms with E-state index in [-0.39, 0.29) is 16.7 Å². The standard InChI is InChI=1S/C21H27BrN2O2S/c22-18-9-5-4-8-17(18)20(26)23-12-10-21(11-13-23)24(14-15-27-21)19(25)16-6-2-1-3-7-16/h4-5,8-9,16H,1-3,6-7,10-15H2. The maximum Gasteiger partial charge on any atom is 0.255 e. The lowest BCUT2D eigenvalue weighted by Gasteiger charge is -2.45. The van der Waals surface area contributed by atoms with Gasteiger partial charge in [-0.25, -0.2) is 0 Å². The van der Waals surface area contributed by atoms with E-state index < -0.39 is 0 Å². The van der Waals surface area contributed by atoms with Crippen LogP contribution in [0.15, 0.2) is 28.7 Å². The molecule has 0 radical (unpaired) electrons. The molecule has 3 fully saturated rings. The fourth-order valence-corrected chi connectivity index (χ4v) is 6.68. The van der Waals surface area contributed by atoms with Gasteiger partial charge in [-0.2, -0.15) is 0 Å². The summed E-state index contributed by atoms with van der Waals surface area (Å²) in [7, 11) is 0. The highest BCUT2D eigenvalue weighted by atomic mass is 79.9. The average molecular weight is 451 g/mol. The fraction of sp³-hybridized carbons (Fsp3) is 0.619. The maximum atomic E-state index is 13.2. The topological polar surface area (TPSA) is 40.6 Å². The molecule has 4 nitrogen and oxygen atoms in total. The van der Waals surface area contributed by atoms with Crippen molar-refractivity contribution >= 4 is 39.5 Å². The summed E-state index contributed by atoms with van der Waals surface area (Å²) in [5.74, 6) is 1.72. The number of rotatable bonds is 2. The van der Waals surface area contributed by atoms with E-state index in [0.717, 1.165) is 61.1 Å². The number of benzene rings is 1. The molecule has 2 heterocycles. The predicted molar refractivity (Wildman–Crippen MR) is 113 cm³/mol. The van der Waals surface area contributed by atoms with Gasteiger partial charge in [0.05, 0.1) is 10.4 Å². The van der Waals surface area contributed by atoms with E-state index in [4.69, 9.17) is 0 Å². The number of amides is 2. The Morgan fingerprint density at radius 1 is 1.04 bits per heavy atom. The molecule has 27 heavy (non-hydrogen) atoms. The Morgan fingerprint density at radius 3 is 2.44 bits per heavy atom. The van der Waals surface area contributed by atoms with Crippen molar-refractivity contribution in [3.05, 3.63) is 34.3 Å². The van der Waals surface area contributed by atoms with Gasteiger partial charge in [0.2, 0.25) is 5.91 Å². The molecular formula is C21H27BrN2O2S. The minimum Gasteiger partial charge on any atom is -0.338 e. The second kappa shape index (κ2) is 8.16. The first kappa shape index (κ1) is 19.3. The highest BCUT2D eigenvalue weighted by Crippen LogP contribution is 2.45. The number of halogens is 1. The summed E-state index contributed by atoms with van der Waals surface area (Å²) in [6.45, 7) is 2.32. The second-order valence-electron chi connectivity index (χ2n) is 7.89. The molecule has 4 rings (SSSR count). The van der Waals surface area contributed by atoms with Crippen LogP contribution >= 0.6 is 27.7 Å². The highest BCUT2D eigenvalue weighted by molar-refractivity contribution is 9.10. The molecular weight excluding hydrogens is 424 g/mol. The van der Waals surface area contributed by atoms with Gasteiger partial charge in [-0.1, -0.05) is 31.4 Å². The first-order chi connectivity index (χ1) is 13.1. The van der Waals surface area contributed by atoms with E-state index in [2.05, 4.69) is 20.8 Å². The predicted octanol–water partition coefficient (Wildman–Crippen LogP) is 4.54. The third-order valence-corrected chi connectivity index (χ3v) is 8.58. The molecule has 6 heteroatoms. The van der Waals surface area contributed by atoms with Crippen LogP contribution in [0, 0.1) is 5.92 Å². The van der Waals surface area contributed by atoms with Crippen LogP contribution < -0.4 is 0 Å². The molecule has 0 aromatic heterocycles. The van der Waals surface area contributed by atoms with Crippen LogP contribution in [0.1, 0.15) is 55.3 Å². The fourth-order valence-electron chi connectivity index (χ4n) is 4.77. The molecule has 1 spiro atoms. The monoisotopic (exact) mass is 450 g/mol. The molecule has 0 N–H and O–H groups in total. The number of likely N-dealkylation sites (tertiary alicyclic amines) is 1. The summed E-state index contributed by atoms with van der Waals surface area (Å²) >= 11 is 5.43. The van der Waals surface area contributed by atoms with Crippen molar-refractivity contribution in [2.45, 2.75) is 49.8 Å². The lowest BCUT2D eigenvalue weighted by molar-refractivity contribution is -0.140. The Hall–Kier alpha value is -1.01. The lowest BCUT2D eigenvalue weighted by Crippen LogP contribution is -2.55. The zero-order valence-corrected chi connectivity index (χ0v) is 18.1. The average Bonchev–Trinajstić information content (AvgIpc) is 3.11. The highest BCUT2D eigenvalue weighted by Gasteiger charge is 2.48. The van der Waals surface area contributed by atoms with E-state index in [0.29, 0.717) is 5.91 Å². The number of hydrogen-bond donors (Lipinski definition) is 0. The zero-order chi connectivity index (χ0) is 18.9. The van der Waals surface area contributed by atoms with Gasteiger partial charge in [-0.3, -0.25) is 9.59 Å². The number of hydrogen-bond acceptors (Lipinski definition) is 3. The molecule has 1 aromatic carbocycles. The first-order valence-corrected chi connectivity index (χ1v) is 11.9. The van der Waals surface area contributed by atoms with E-state index in [1.165, 1.54) is 19.3 Å². The molecule has 0 atom stereocenters.